The molecule has 1 aromatic rings. The van der Waals surface area contributed by atoms with Gasteiger partial charge in [0.25, 0.3) is 0 Å². The third-order valence-corrected chi connectivity index (χ3v) is 2.11. The molecular weight excluding hydrogens is 258 g/mol. The van der Waals surface area contributed by atoms with Crippen molar-refractivity contribution in [2.45, 2.75) is 0 Å². The minimum atomic E-state index is -0.823. The number of ether oxygens (including phenoxy) is 1. The zero-order chi connectivity index (χ0) is 12.1. The van der Waals surface area contributed by atoms with E-state index in [0.29, 0.717) is 0 Å². The first kappa shape index (κ1) is 12.7. The molecule has 0 aliphatic rings. The average Bonchev–Trinajstić information content (AvgIpc) is 2.29. The van der Waals surface area contributed by atoms with Crippen molar-refractivity contribution in [3.63, 3.8) is 0 Å². The third kappa shape index (κ3) is 3.08. The van der Waals surface area contributed by atoms with Crippen LogP contribution >= 0.6 is 23.2 Å². The molecule has 1 N–H and O–H groups in total. The molecule has 0 aliphatic carbocycles. The maximum atomic E-state index is 13.3. The number of methoxy groups -OCH3 is 1. The Labute approximate surface area is 101 Å². The number of hydrazone groups is 1. The second kappa shape index (κ2) is 5.67. The number of nitrogens with one attached hydrogen (secondary N) is 1. The van der Waals surface area contributed by atoms with Gasteiger partial charge in [0, 0.05) is 0 Å². The number of hydrogen-bond donors (Lipinski definition) is 1. The lowest BCUT2D eigenvalue weighted by atomic mass is 10.3. The third-order valence-electron chi connectivity index (χ3n) is 1.58. The van der Waals surface area contributed by atoms with Crippen LogP contribution < -0.4 is 5.43 Å². The van der Waals surface area contributed by atoms with Crippen molar-refractivity contribution in [1.29, 1.82) is 0 Å². The number of nitrogens with zero attached hydrogens (tertiary/aromatic N) is 1. The van der Waals surface area contributed by atoms with Gasteiger partial charge in [-0.3, -0.25) is 5.43 Å². The summed E-state index contributed by atoms with van der Waals surface area (Å²) in [7, 11) is 1.15. The van der Waals surface area contributed by atoms with E-state index in [4.69, 9.17) is 23.2 Å². The van der Waals surface area contributed by atoms with E-state index in [2.05, 4.69) is 15.3 Å². The molecule has 0 heterocycles. The summed E-state index contributed by atoms with van der Waals surface area (Å²) in [5, 5.41) is 2.92. The Bertz CT molecular complexity index is 438. The van der Waals surface area contributed by atoms with Crippen molar-refractivity contribution in [3.05, 3.63) is 29.0 Å². The lowest BCUT2D eigenvalue weighted by Crippen LogP contribution is -2.11. The molecule has 0 radical (unpaired) electrons. The van der Waals surface area contributed by atoms with Crippen molar-refractivity contribution in [2.24, 2.45) is 5.10 Å². The maximum absolute atomic E-state index is 13.3. The zero-order valence-electron chi connectivity index (χ0n) is 8.13. The molecule has 0 bridgehead atoms. The molecule has 0 amide bonds. The summed E-state index contributed by atoms with van der Waals surface area (Å²) in [4.78, 5) is 10.8. The van der Waals surface area contributed by atoms with E-state index in [1.165, 1.54) is 18.2 Å². The number of esters is 1. The van der Waals surface area contributed by atoms with Gasteiger partial charge in [0.1, 0.15) is 0 Å². The molecule has 0 unspecified atom stereocenters. The summed E-state index contributed by atoms with van der Waals surface area (Å²) in [6.07, 6.45) is 0. The van der Waals surface area contributed by atoms with Gasteiger partial charge < -0.3 is 4.74 Å². The Morgan fingerprint density at radius 2 is 2.25 bits per heavy atom. The van der Waals surface area contributed by atoms with E-state index < -0.39 is 17.0 Å². The minimum Gasteiger partial charge on any atom is -0.464 e. The Morgan fingerprint density at radius 3 is 2.88 bits per heavy atom. The molecule has 4 nitrogen and oxygen atoms in total. The molecule has 1 rings (SSSR count). The van der Waals surface area contributed by atoms with Crippen molar-refractivity contribution < 1.29 is 13.9 Å². The Kier molecular flexibility index (Phi) is 4.52. The Morgan fingerprint density at radius 1 is 1.56 bits per heavy atom. The molecule has 16 heavy (non-hydrogen) atoms. The number of halogens is 3. The molecule has 0 atom stereocenters. The minimum absolute atomic E-state index is 0.00885. The maximum Gasteiger partial charge on any atom is 0.370 e. The number of anilines is 1. The van der Waals surface area contributed by atoms with Crippen LogP contribution in [0.3, 0.4) is 0 Å². The lowest BCUT2D eigenvalue weighted by Gasteiger charge is -2.03. The van der Waals surface area contributed by atoms with Crippen molar-refractivity contribution in [3.8, 4) is 0 Å². The summed E-state index contributed by atoms with van der Waals surface area (Å²) in [5.74, 6) is -1.50. The molecule has 0 spiro atoms. The van der Waals surface area contributed by atoms with Crippen LogP contribution in [0, 0.1) is 5.82 Å². The van der Waals surface area contributed by atoms with E-state index in [9.17, 15) is 9.18 Å². The molecule has 1 aromatic carbocycles. The van der Waals surface area contributed by atoms with Gasteiger partial charge in [-0.2, -0.15) is 5.10 Å². The topological polar surface area (TPSA) is 50.7 Å². The number of hydrogen-bond acceptors (Lipinski definition) is 4. The van der Waals surface area contributed by atoms with Gasteiger partial charge in [-0.1, -0.05) is 29.3 Å². The summed E-state index contributed by atoms with van der Waals surface area (Å²) < 4.78 is 17.6. The van der Waals surface area contributed by atoms with Crippen LogP contribution in [0.1, 0.15) is 0 Å². The fourth-order valence-corrected chi connectivity index (χ4v) is 1.12. The molecule has 0 saturated carbocycles. The zero-order valence-corrected chi connectivity index (χ0v) is 9.64. The van der Waals surface area contributed by atoms with Crippen LogP contribution in [0.5, 0.6) is 0 Å². The second-order valence-corrected chi connectivity index (χ2v) is 3.37. The molecule has 0 saturated heterocycles. The number of carbonyl (C=O) groups is 1. The van der Waals surface area contributed by atoms with Gasteiger partial charge in [0.05, 0.1) is 17.8 Å². The molecule has 86 valence electrons. The van der Waals surface area contributed by atoms with E-state index in [1.54, 1.807) is 0 Å². The summed E-state index contributed by atoms with van der Waals surface area (Å²) in [6.45, 7) is 0. The standard InChI is InChI=1S/C9H7Cl2FN2O2/c1-16-9(15)8(11)14-13-6-4-2-3-5(10)7(6)12/h2-4,13H,1H3/b14-8-. The first-order valence-electron chi connectivity index (χ1n) is 4.07. The Balaban J connectivity index is 2.82. The highest BCUT2D eigenvalue weighted by Crippen LogP contribution is 2.21. The van der Waals surface area contributed by atoms with Crippen LogP contribution in [-0.4, -0.2) is 18.2 Å². The van der Waals surface area contributed by atoms with Gasteiger partial charge in [0.15, 0.2) is 5.82 Å². The normalized spacial score (nSPS) is 11.1. The highest BCUT2D eigenvalue weighted by Gasteiger charge is 2.09. The van der Waals surface area contributed by atoms with Gasteiger partial charge in [-0.15, -0.1) is 0 Å². The second-order valence-electron chi connectivity index (χ2n) is 2.61. The molecular formula is C9H7Cl2FN2O2. The van der Waals surface area contributed by atoms with E-state index in [0.717, 1.165) is 7.11 Å². The van der Waals surface area contributed by atoms with Crippen molar-refractivity contribution in [1.82, 2.24) is 0 Å². The van der Waals surface area contributed by atoms with E-state index in [-0.39, 0.29) is 10.7 Å². The van der Waals surface area contributed by atoms with Crippen LogP contribution in [0.25, 0.3) is 0 Å². The fourth-order valence-electron chi connectivity index (χ4n) is 0.829. The van der Waals surface area contributed by atoms with Crippen LogP contribution in [0.15, 0.2) is 23.3 Å². The van der Waals surface area contributed by atoms with E-state index in [1.807, 2.05) is 0 Å². The molecule has 0 fully saturated rings. The van der Waals surface area contributed by atoms with Crippen LogP contribution in [0.2, 0.25) is 5.02 Å². The Hall–Kier alpha value is -1.33. The van der Waals surface area contributed by atoms with Gasteiger partial charge in [0.2, 0.25) is 5.17 Å². The lowest BCUT2D eigenvalue weighted by molar-refractivity contribution is -0.132. The number of carbonyl (C=O) groups excluding carboxylic acids is 1. The van der Waals surface area contributed by atoms with Gasteiger partial charge in [-0.05, 0) is 12.1 Å². The van der Waals surface area contributed by atoms with Crippen molar-refractivity contribution in [2.75, 3.05) is 12.5 Å². The van der Waals surface area contributed by atoms with E-state index >= 15 is 0 Å². The number of rotatable bonds is 3. The largest absolute Gasteiger partial charge is 0.464 e. The first-order valence-corrected chi connectivity index (χ1v) is 4.83. The SMILES string of the molecule is COC(=O)/C(Cl)=N/Nc1cccc(Cl)c1F. The predicted molar refractivity (Wildman–Crippen MR) is 60.3 cm³/mol. The van der Waals surface area contributed by atoms with Gasteiger partial charge in [-0.25, -0.2) is 9.18 Å². The molecule has 7 heteroatoms. The molecule has 0 aromatic heterocycles. The van der Waals surface area contributed by atoms with Crippen LogP contribution in [-0.2, 0) is 9.53 Å². The first-order chi connectivity index (χ1) is 7.56. The van der Waals surface area contributed by atoms with Gasteiger partial charge >= 0.3 is 5.97 Å². The quantitative estimate of drug-likeness (QED) is 0.519. The van der Waals surface area contributed by atoms with Crippen molar-refractivity contribution >= 4 is 40.0 Å². The predicted octanol–water partition coefficient (Wildman–Crippen LogP) is 2.62. The smallest absolute Gasteiger partial charge is 0.370 e. The summed E-state index contributed by atoms with van der Waals surface area (Å²) in [5.41, 5.74) is 2.27. The summed E-state index contributed by atoms with van der Waals surface area (Å²) >= 11 is 11.0. The summed E-state index contributed by atoms with van der Waals surface area (Å²) in [6, 6.07) is 4.30. The molecule has 0 aliphatic heterocycles. The van der Waals surface area contributed by atoms with Crippen LogP contribution in [0.4, 0.5) is 10.1 Å². The number of benzene rings is 1. The fraction of sp³-hybridized carbons (Fsp3) is 0.111. The highest BCUT2D eigenvalue weighted by atomic mass is 35.5. The highest BCUT2D eigenvalue weighted by molar-refractivity contribution is 6.82. The monoisotopic (exact) mass is 264 g/mol. The average molecular weight is 265 g/mol.